The Morgan fingerprint density at radius 2 is 2.14 bits per heavy atom. The van der Waals surface area contributed by atoms with E-state index in [1.165, 1.54) is 0 Å². The van der Waals surface area contributed by atoms with Crippen LogP contribution in [0.4, 0.5) is 0 Å². The van der Waals surface area contributed by atoms with E-state index in [0.717, 1.165) is 6.42 Å². The van der Waals surface area contributed by atoms with Crippen LogP contribution in [0.25, 0.3) is 0 Å². The molecule has 0 heterocycles. The Kier molecular flexibility index (Phi) is 7.29. The second-order valence-corrected chi connectivity index (χ2v) is 5.12. The van der Waals surface area contributed by atoms with Crippen LogP contribution in [-0.4, -0.2) is 30.1 Å². The van der Waals surface area contributed by atoms with Gasteiger partial charge in [-0.1, -0.05) is 19.9 Å². The number of carbonyl (C=O) groups is 2. The van der Waals surface area contributed by atoms with Crippen molar-refractivity contribution in [2.24, 2.45) is 5.92 Å². The summed E-state index contributed by atoms with van der Waals surface area (Å²) in [5.41, 5.74) is 0.550. The summed E-state index contributed by atoms with van der Waals surface area (Å²) in [5, 5.41) is 11.4. The first-order valence-electron chi connectivity index (χ1n) is 7.25. The third-order valence-corrected chi connectivity index (χ3v) is 3.03. The SMILES string of the molecule is CCCOc1cccc(C(=O)NCC(C)CCC(=O)O)c1. The Morgan fingerprint density at radius 3 is 2.81 bits per heavy atom. The molecule has 0 aliphatic rings. The molecule has 0 bridgehead atoms. The molecule has 2 N–H and O–H groups in total. The molecule has 1 aromatic rings. The highest BCUT2D eigenvalue weighted by molar-refractivity contribution is 5.94. The van der Waals surface area contributed by atoms with Crippen molar-refractivity contribution in [3.8, 4) is 5.75 Å². The van der Waals surface area contributed by atoms with Crippen LogP contribution < -0.4 is 10.1 Å². The van der Waals surface area contributed by atoms with Crippen LogP contribution in [0.2, 0.25) is 0 Å². The molecule has 1 aromatic carbocycles. The van der Waals surface area contributed by atoms with Crippen molar-refractivity contribution in [3.05, 3.63) is 29.8 Å². The smallest absolute Gasteiger partial charge is 0.303 e. The number of carboxylic acids is 1. The summed E-state index contributed by atoms with van der Waals surface area (Å²) in [4.78, 5) is 22.5. The fourth-order valence-electron chi connectivity index (χ4n) is 1.79. The maximum Gasteiger partial charge on any atom is 0.303 e. The minimum Gasteiger partial charge on any atom is -0.494 e. The van der Waals surface area contributed by atoms with Gasteiger partial charge in [-0.2, -0.15) is 0 Å². The van der Waals surface area contributed by atoms with E-state index < -0.39 is 5.97 Å². The molecule has 0 aliphatic carbocycles. The van der Waals surface area contributed by atoms with E-state index in [1.54, 1.807) is 18.2 Å². The summed E-state index contributed by atoms with van der Waals surface area (Å²) in [7, 11) is 0. The van der Waals surface area contributed by atoms with Crippen molar-refractivity contribution in [1.82, 2.24) is 5.32 Å². The first-order valence-corrected chi connectivity index (χ1v) is 7.25. The molecule has 21 heavy (non-hydrogen) atoms. The van der Waals surface area contributed by atoms with Gasteiger partial charge in [-0.05, 0) is 37.0 Å². The Labute approximate surface area is 125 Å². The van der Waals surface area contributed by atoms with Gasteiger partial charge in [0.25, 0.3) is 5.91 Å². The molecule has 0 aliphatic heterocycles. The second-order valence-electron chi connectivity index (χ2n) is 5.12. The number of hydrogen-bond donors (Lipinski definition) is 2. The number of benzene rings is 1. The fourth-order valence-corrected chi connectivity index (χ4v) is 1.79. The average Bonchev–Trinajstić information content (AvgIpc) is 2.48. The predicted octanol–water partition coefficient (Wildman–Crippen LogP) is 2.71. The van der Waals surface area contributed by atoms with Crippen LogP contribution in [0.5, 0.6) is 5.75 Å². The predicted molar refractivity (Wildman–Crippen MR) is 80.6 cm³/mol. The molecule has 1 atom stereocenters. The molecular weight excluding hydrogens is 270 g/mol. The zero-order valence-corrected chi connectivity index (χ0v) is 12.6. The molecule has 0 saturated heterocycles. The van der Waals surface area contributed by atoms with Gasteiger partial charge >= 0.3 is 5.97 Å². The Morgan fingerprint density at radius 1 is 1.38 bits per heavy atom. The minimum atomic E-state index is -0.811. The van der Waals surface area contributed by atoms with E-state index in [9.17, 15) is 9.59 Å². The molecule has 0 fully saturated rings. The van der Waals surface area contributed by atoms with Crippen molar-refractivity contribution in [2.75, 3.05) is 13.2 Å². The van der Waals surface area contributed by atoms with Crippen molar-refractivity contribution >= 4 is 11.9 Å². The quantitative estimate of drug-likeness (QED) is 0.734. The maximum atomic E-state index is 12.0. The highest BCUT2D eigenvalue weighted by Crippen LogP contribution is 2.14. The summed E-state index contributed by atoms with van der Waals surface area (Å²) in [6, 6.07) is 7.05. The summed E-state index contributed by atoms with van der Waals surface area (Å²) < 4.78 is 5.49. The van der Waals surface area contributed by atoms with Crippen LogP contribution in [0, 0.1) is 5.92 Å². The number of amides is 1. The molecule has 116 valence electrons. The monoisotopic (exact) mass is 293 g/mol. The molecule has 1 unspecified atom stereocenters. The van der Waals surface area contributed by atoms with Gasteiger partial charge in [0.2, 0.25) is 0 Å². The summed E-state index contributed by atoms with van der Waals surface area (Å²) in [6.45, 7) is 5.03. The topological polar surface area (TPSA) is 75.6 Å². The zero-order valence-electron chi connectivity index (χ0n) is 12.6. The van der Waals surface area contributed by atoms with Gasteiger partial charge in [0.1, 0.15) is 5.75 Å². The normalized spacial score (nSPS) is 11.7. The van der Waals surface area contributed by atoms with Crippen molar-refractivity contribution < 1.29 is 19.4 Å². The lowest BCUT2D eigenvalue weighted by molar-refractivity contribution is -0.137. The highest BCUT2D eigenvalue weighted by atomic mass is 16.5. The van der Waals surface area contributed by atoms with Gasteiger partial charge in [0.05, 0.1) is 6.61 Å². The Bertz CT molecular complexity index is 473. The molecule has 0 spiro atoms. The summed E-state index contributed by atoms with van der Waals surface area (Å²) >= 11 is 0. The van der Waals surface area contributed by atoms with Gasteiger partial charge < -0.3 is 15.2 Å². The Balaban J connectivity index is 2.46. The van der Waals surface area contributed by atoms with Crippen LogP contribution in [0.3, 0.4) is 0 Å². The maximum absolute atomic E-state index is 12.0. The molecule has 0 radical (unpaired) electrons. The molecule has 5 heteroatoms. The molecule has 1 rings (SSSR count). The number of nitrogens with one attached hydrogen (secondary N) is 1. The Hall–Kier alpha value is -2.04. The third kappa shape index (κ3) is 6.79. The summed E-state index contributed by atoms with van der Waals surface area (Å²) in [5.74, 6) is -0.166. The van der Waals surface area contributed by atoms with Crippen LogP contribution >= 0.6 is 0 Å². The lowest BCUT2D eigenvalue weighted by atomic mass is 10.1. The van der Waals surface area contributed by atoms with E-state index in [-0.39, 0.29) is 18.2 Å². The number of rotatable bonds is 9. The van der Waals surface area contributed by atoms with E-state index in [1.807, 2.05) is 19.9 Å². The lowest BCUT2D eigenvalue weighted by Crippen LogP contribution is -2.28. The van der Waals surface area contributed by atoms with Gasteiger partial charge in [-0.15, -0.1) is 0 Å². The first-order chi connectivity index (χ1) is 10.0. The highest BCUT2D eigenvalue weighted by Gasteiger charge is 2.10. The van der Waals surface area contributed by atoms with E-state index in [4.69, 9.17) is 9.84 Å². The molecular formula is C16H23NO4. The number of carboxylic acid groups (broad SMARTS) is 1. The van der Waals surface area contributed by atoms with Crippen molar-refractivity contribution in [2.45, 2.75) is 33.1 Å². The minimum absolute atomic E-state index is 0.122. The largest absolute Gasteiger partial charge is 0.494 e. The van der Waals surface area contributed by atoms with Gasteiger partial charge in [0, 0.05) is 18.5 Å². The van der Waals surface area contributed by atoms with Crippen molar-refractivity contribution in [3.63, 3.8) is 0 Å². The standard InChI is InChI=1S/C16H23NO4/c1-3-9-21-14-6-4-5-13(10-14)16(20)17-11-12(2)7-8-15(18)19/h4-6,10,12H,3,7-9,11H2,1-2H3,(H,17,20)(H,18,19). The second kappa shape index (κ2) is 9.00. The third-order valence-electron chi connectivity index (χ3n) is 3.03. The van der Waals surface area contributed by atoms with Crippen LogP contribution in [-0.2, 0) is 4.79 Å². The van der Waals surface area contributed by atoms with Gasteiger partial charge in [0.15, 0.2) is 0 Å². The van der Waals surface area contributed by atoms with Gasteiger partial charge in [-0.25, -0.2) is 0 Å². The average molecular weight is 293 g/mol. The van der Waals surface area contributed by atoms with E-state index in [2.05, 4.69) is 5.32 Å². The fraction of sp³-hybridized carbons (Fsp3) is 0.500. The van der Waals surface area contributed by atoms with Crippen molar-refractivity contribution in [1.29, 1.82) is 0 Å². The van der Waals surface area contributed by atoms with Gasteiger partial charge in [-0.3, -0.25) is 9.59 Å². The van der Waals surface area contributed by atoms with E-state index >= 15 is 0 Å². The molecule has 1 amide bonds. The van der Waals surface area contributed by atoms with Crippen LogP contribution in [0.15, 0.2) is 24.3 Å². The molecule has 0 saturated carbocycles. The number of carbonyl (C=O) groups excluding carboxylic acids is 1. The number of hydrogen-bond acceptors (Lipinski definition) is 3. The molecule has 0 aromatic heterocycles. The van der Waals surface area contributed by atoms with Crippen LogP contribution in [0.1, 0.15) is 43.5 Å². The first kappa shape index (κ1) is 17.0. The summed E-state index contributed by atoms with van der Waals surface area (Å²) in [6.07, 6.45) is 1.59. The van der Waals surface area contributed by atoms with E-state index in [0.29, 0.717) is 30.9 Å². The lowest BCUT2D eigenvalue weighted by Gasteiger charge is -2.12. The zero-order chi connectivity index (χ0) is 15.7. The number of ether oxygens (including phenoxy) is 1. The number of aliphatic carboxylic acids is 1. The molecule has 5 nitrogen and oxygen atoms in total.